The third kappa shape index (κ3) is 3.96. The van der Waals surface area contributed by atoms with Crippen molar-refractivity contribution >= 4 is 17.3 Å². The second kappa shape index (κ2) is 7.34. The molecule has 6 heteroatoms. The van der Waals surface area contributed by atoms with Crippen LogP contribution in [0.15, 0.2) is 48.5 Å². The molecule has 0 aliphatic carbocycles. The normalized spacial score (nSPS) is 14.5. The highest BCUT2D eigenvalue weighted by atomic mass is 16.6. The van der Waals surface area contributed by atoms with E-state index in [1.165, 1.54) is 6.07 Å². The van der Waals surface area contributed by atoms with Crippen molar-refractivity contribution in [2.45, 2.75) is 25.8 Å². The van der Waals surface area contributed by atoms with E-state index in [-0.39, 0.29) is 11.6 Å². The molecule has 3 rings (SSSR count). The molecular formula is C19H21N3O3. The first-order valence-corrected chi connectivity index (χ1v) is 8.39. The number of nitro groups is 1. The van der Waals surface area contributed by atoms with Gasteiger partial charge in [-0.1, -0.05) is 42.0 Å². The maximum absolute atomic E-state index is 12.8. The van der Waals surface area contributed by atoms with Crippen molar-refractivity contribution in [2.75, 3.05) is 18.4 Å². The van der Waals surface area contributed by atoms with Crippen LogP contribution in [-0.2, 0) is 11.2 Å². The highest BCUT2D eigenvalue weighted by molar-refractivity contribution is 5.86. The summed E-state index contributed by atoms with van der Waals surface area (Å²) in [7, 11) is 0. The van der Waals surface area contributed by atoms with Gasteiger partial charge in [-0.05, 0) is 25.0 Å². The van der Waals surface area contributed by atoms with Crippen LogP contribution in [0.3, 0.4) is 0 Å². The zero-order chi connectivity index (χ0) is 17.8. The van der Waals surface area contributed by atoms with Crippen LogP contribution in [0.1, 0.15) is 17.5 Å². The summed E-state index contributed by atoms with van der Waals surface area (Å²) in [5, 5.41) is 14.3. The van der Waals surface area contributed by atoms with Crippen molar-refractivity contribution in [3.8, 4) is 0 Å². The Bertz CT molecular complexity index is 770. The molecule has 1 N–H and O–H groups in total. The number of nitro benzene ring substituents is 1. The van der Waals surface area contributed by atoms with E-state index < -0.39 is 11.0 Å². The zero-order valence-electron chi connectivity index (χ0n) is 14.1. The van der Waals surface area contributed by atoms with E-state index in [0.29, 0.717) is 12.1 Å². The fourth-order valence-electron chi connectivity index (χ4n) is 2.86. The number of likely N-dealkylation sites (tertiary alicyclic amines) is 1. The third-order valence-corrected chi connectivity index (χ3v) is 4.46. The van der Waals surface area contributed by atoms with E-state index in [1.807, 2.05) is 31.2 Å². The molecule has 2 aromatic carbocycles. The summed E-state index contributed by atoms with van der Waals surface area (Å²) in [6, 6.07) is 13.9. The number of hydrogen-bond donors (Lipinski definition) is 1. The largest absolute Gasteiger partial charge is 0.368 e. The number of carbonyl (C=O) groups is 1. The van der Waals surface area contributed by atoms with Crippen LogP contribution in [0.5, 0.6) is 0 Å². The molecule has 0 saturated carbocycles. The van der Waals surface area contributed by atoms with Crippen LogP contribution in [0.25, 0.3) is 0 Å². The summed E-state index contributed by atoms with van der Waals surface area (Å²) in [5.74, 6) is -0.00928. The second-order valence-corrected chi connectivity index (χ2v) is 6.34. The molecule has 0 bridgehead atoms. The van der Waals surface area contributed by atoms with E-state index in [4.69, 9.17) is 0 Å². The molecular weight excluding hydrogens is 318 g/mol. The quantitative estimate of drug-likeness (QED) is 0.648. The number of amides is 1. The lowest BCUT2D eigenvalue weighted by atomic mass is 10.0. The Morgan fingerprint density at radius 3 is 2.48 bits per heavy atom. The molecule has 130 valence electrons. The van der Waals surface area contributed by atoms with Crippen molar-refractivity contribution in [3.05, 3.63) is 69.8 Å². The van der Waals surface area contributed by atoms with Gasteiger partial charge in [-0.3, -0.25) is 14.9 Å². The Morgan fingerprint density at radius 2 is 1.88 bits per heavy atom. The van der Waals surface area contributed by atoms with Gasteiger partial charge in [0.05, 0.1) is 4.92 Å². The van der Waals surface area contributed by atoms with Gasteiger partial charge in [-0.15, -0.1) is 0 Å². The van der Waals surface area contributed by atoms with E-state index in [0.717, 1.165) is 30.6 Å². The minimum Gasteiger partial charge on any atom is -0.368 e. The first-order chi connectivity index (χ1) is 12.0. The predicted molar refractivity (Wildman–Crippen MR) is 96.6 cm³/mol. The number of aryl methyl sites for hydroxylation is 1. The number of benzene rings is 2. The highest BCUT2D eigenvalue weighted by Gasteiger charge is 2.29. The summed E-state index contributed by atoms with van der Waals surface area (Å²) in [6.45, 7) is 3.52. The molecule has 6 nitrogen and oxygen atoms in total. The van der Waals surface area contributed by atoms with Crippen molar-refractivity contribution in [2.24, 2.45) is 0 Å². The Hall–Kier alpha value is -2.89. The number of anilines is 1. The molecule has 25 heavy (non-hydrogen) atoms. The van der Waals surface area contributed by atoms with Crippen molar-refractivity contribution in [3.63, 3.8) is 0 Å². The van der Waals surface area contributed by atoms with Gasteiger partial charge in [0.1, 0.15) is 11.7 Å². The van der Waals surface area contributed by atoms with Crippen LogP contribution in [-0.4, -0.2) is 34.9 Å². The fourth-order valence-corrected chi connectivity index (χ4v) is 2.86. The van der Waals surface area contributed by atoms with E-state index >= 15 is 0 Å². The average Bonchev–Trinajstić information content (AvgIpc) is 2.55. The van der Waals surface area contributed by atoms with Crippen LogP contribution in [0, 0.1) is 17.0 Å². The summed E-state index contributed by atoms with van der Waals surface area (Å²) in [5.41, 5.74) is 2.53. The maximum atomic E-state index is 12.8. The van der Waals surface area contributed by atoms with E-state index in [9.17, 15) is 14.9 Å². The summed E-state index contributed by atoms with van der Waals surface area (Å²) in [4.78, 5) is 25.4. The minimum absolute atomic E-state index is 0.00928. The van der Waals surface area contributed by atoms with Gasteiger partial charge in [0, 0.05) is 25.6 Å². The Balaban J connectivity index is 1.84. The average molecular weight is 339 g/mol. The molecule has 1 fully saturated rings. The van der Waals surface area contributed by atoms with E-state index in [2.05, 4.69) is 5.32 Å². The molecule has 1 aliphatic rings. The van der Waals surface area contributed by atoms with Crippen LogP contribution in [0.4, 0.5) is 11.4 Å². The van der Waals surface area contributed by atoms with Crippen LogP contribution >= 0.6 is 0 Å². The lowest BCUT2D eigenvalue weighted by Crippen LogP contribution is -2.50. The summed E-state index contributed by atoms with van der Waals surface area (Å²) in [6.07, 6.45) is 1.50. The maximum Gasteiger partial charge on any atom is 0.292 e. The number of para-hydroxylation sites is 2. The lowest BCUT2D eigenvalue weighted by Gasteiger charge is -2.34. The first-order valence-electron chi connectivity index (χ1n) is 8.39. The standard InChI is InChI=1S/C19H21N3O3/c1-14-7-9-15(10-8-14)13-17(19(23)21-11-4-12-21)20-16-5-2-3-6-18(16)22(24)25/h2-3,5-10,17,20H,4,11-13H2,1H3/t17-/m0/s1. The Morgan fingerprint density at radius 1 is 1.20 bits per heavy atom. The number of rotatable bonds is 6. The first kappa shape index (κ1) is 17.0. The smallest absolute Gasteiger partial charge is 0.292 e. The Labute approximate surface area is 146 Å². The molecule has 0 aromatic heterocycles. The third-order valence-electron chi connectivity index (χ3n) is 4.46. The molecule has 0 unspecified atom stereocenters. The molecule has 1 saturated heterocycles. The molecule has 1 heterocycles. The molecule has 0 radical (unpaired) electrons. The molecule has 2 aromatic rings. The molecule has 0 spiro atoms. The van der Waals surface area contributed by atoms with Gasteiger partial charge in [0.2, 0.25) is 5.91 Å². The fraction of sp³-hybridized carbons (Fsp3) is 0.316. The number of nitrogens with zero attached hydrogens (tertiary/aromatic N) is 2. The monoisotopic (exact) mass is 339 g/mol. The van der Waals surface area contributed by atoms with Gasteiger partial charge in [-0.2, -0.15) is 0 Å². The molecule has 1 amide bonds. The van der Waals surface area contributed by atoms with Gasteiger partial charge in [0.25, 0.3) is 5.69 Å². The van der Waals surface area contributed by atoms with Crippen LogP contribution < -0.4 is 5.32 Å². The number of nitrogens with one attached hydrogen (secondary N) is 1. The predicted octanol–water partition coefficient (Wildman–Crippen LogP) is 3.16. The number of hydrogen-bond acceptors (Lipinski definition) is 4. The zero-order valence-corrected chi connectivity index (χ0v) is 14.1. The van der Waals surface area contributed by atoms with Crippen LogP contribution in [0.2, 0.25) is 0 Å². The second-order valence-electron chi connectivity index (χ2n) is 6.34. The van der Waals surface area contributed by atoms with E-state index in [1.54, 1.807) is 23.1 Å². The Kier molecular flexibility index (Phi) is 4.97. The number of carbonyl (C=O) groups excluding carboxylic acids is 1. The lowest BCUT2D eigenvalue weighted by molar-refractivity contribution is -0.384. The molecule has 1 atom stereocenters. The van der Waals surface area contributed by atoms with Gasteiger partial charge >= 0.3 is 0 Å². The van der Waals surface area contributed by atoms with Crippen molar-refractivity contribution < 1.29 is 9.72 Å². The van der Waals surface area contributed by atoms with Gasteiger partial charge in [-0.25, -0.2) is 0 Å². The van der Waals surface area contributed by atoms with Crippen molar-refractivity contribution in [1.82, 2.24) is 4.90 Å². The van der Waals surface area contributed by atoms with Gasteiger partial charge in [0.15, 0.2) is 0 Å². The summed E-state index contributed by atoms with van der Waals surface area (Å²) >= 11 is 0. The van der Waals surface area contributed by atoms with Gasteiger partial charge < -0.3 is 10.2 Å². The highest BCUT2D eigenvalue weighted by Crippen LogP contribution is 2.25. The molecule has 1 aliphatic heterocycles. The SMILES string of the molecule is Cc1ccc(C[C@H](Nc2ccccc2[N+](=O)[O-])C(=O)N2CCC2)cc1. The summed E-state index contributed by atoms with van der Waals surface area (Å²) < 4.78 is 0. The topological polar surface area (TPSA) is 75.5 Å². The minimum atomic E-state index is -0.524. The van der Waals surface area contributed by atoms with Crippen molar-refractivity contribution in [1.29, 1.82) is 0 Å².